The quantitative estimate of drug-likeness (QED) is 0.724. The lowest BCUT2D eigenvalue weighted by Gasteiger charge is -2.05. The Hall–Kier alpha value is -2.54. The molecule has 7 nitrogen and oxygen atoms in total. The van der Waals surface area contributed by atoms with Gasteiger partial charge in [0.1, 0.15) is 12.1 Å². The summed E-state index contributed by atoms with van der Waals surface area (Å²) >= 11 is 6.12. The van der Waals surface area contributed by atoms with Crippen molar-refractivity contribution in [2.45, 2.75) is 20.0 Å². The van der Waals surface area contributed by atoms with Crippen LogP contribution in [0.2, 0.25) is 5.02 Å². The van der Waals surface area contributed by atoms with Crippen LogP contribution >= 0.6 is 11.6 Å². The molecular weight excluding hydrogens is 306 g/mol. The predicted molar refractivity (Wildman–Crippen MR) is 80.8 cm³/mol. The van der Waals surface area contributed by atoms with Gasteiger partial charge in [0, 0.05) is 5.02 Å². The predicted octanol–water partition coefficient (Wildman–Crippen LogP) is 1.28. The van der Waals surface area contributed by atoms with Crippen molar-refractivity contribution in [1.29, 1.82) is 0 Å². The molecule has 0 spiro atoms. The van der Waals surface area contributed by atoms with Crippen molar-refractivity contribution in [1.82, 2.24) is 24.5 Å². The highest BCUT2D eigenvalue weighted by Gasteiger charge is 2.13. The van der Waals surface area contributed by atoms with Gasteiger partial charge in [-0.3, -0.25) is 14.2 Å². The van der Waals surface area contributed by atoms with Gasteiger partial charge in [-0.25, -0.2) is 9.67 Å². The Bertz CT molecular complexity index is 915. The molecule has 112 valence electrons. The summed E-state index contributed by atoms with van der Waals surface area (Å²) in [5, 5.41) is 8.44. The third kappa shape index (κ3) is 2.62. The third-order valence-corrected chi connectivity index (χ3v) is 3.53. The smallest absolute Gasteiger partial charge is 0.283 e. The highest BCUT2D eigenvalue weighted by Crippen LogP contribution is 2.16. The summed E-state index contributed by atoms with van der Waals surface area (Å²) in [7, 11) is 0. The minimum atomic E-state index is -0.384. The summed E-state index contributed by atoms with van der Waals surface area (Å²) in [5.41, 5.74) is 0.969. The van der Waals surface area contributed by atoms with Gasteiger partial charge in [0.15, 0.2) is 11.2 Å². The third-order valence-electron chi connectivity index (χ3n) is 3.16. The van der Waals surface area contributed by atoms with Crippen LogP contribution < -0.4 is 5.56 Å². The fourth-order valence-electron chi connectivity index (χ4n) is 2.13. The highest BCUT2D eigenvalue weighted by atomic mass is 35.5. The topological polar surface area (TPSA) is 82.7 Å². The van der Waals surface area contributed by atoms with Crippen LogP contribution in [-0.4, -0.2) is 30.3 Å². The molecule has 1 aromatic carbocycles. The molecule has 3 aromatic rings. The molecular formula is C14H12ClN5O2. The number of ketones is 1. The highest BCUT2D eigenvalue weighted by molar-refractivity contribution is 6.31. The van der Waals surface area contributed by atoms with E-state index in [1.54, 1.807) is 6.07 Å². The monoisotopic (exact) mass is 317 g/mol. The summed E-state index contributed by atoms with van der Waals surface area (Å²) in [4.78, 5) is 27.6. The maximum Gasteiger partial charge on any atom is 0.283 e. The first-order chi connectivity index (χ1) is 10.6. The Morgan fingerprint density at radius 1 is 1.32 bits per heavy atom. The van der Waals surface area contributed by atoms with Gasteiger partial charge in [0.05, 0.1) is 13.1 Å². The minimum absolute atomic E-state index is 0.0286. The number of rotatable bonds is 4. The van der Waals surface area contributed by atoms with Gasteiger partial charge in [-0.1, -0.05) is 35.0 Å². The summed E-state index contributed by atoms with van der Waals surface area (Å²) < 4.78 is 2.73. The van der Waals surface area contributed by atoms with E-state index in [0.29, 0.717) is 17.2 Å². The molecule has 0 fully saturated rings. The van der Waals surface area contributed by atoms with Crippen molar-refractivity contribution in [2.75, 3.05) is 0 Å². The molecule has 2 aromatic heterocycles. The van der Waals surface area contributed by atoms with E-state index in [0.717, 1.165) is 5.56 Å². The molecule has 0 bridgehead atoms. The average Bonchev–Trinajstić information content (AvgIpc) is 2.88. The van der Waals surface area contributed by atoms with E-state index in [1.807, 2.05) is 18.2 Å². The van der Waals surface area contributed by atoms with Gasteiger partial charge in [-0.15, -0.1) is 5.10 Å². The van der Waals surface area contributed by atoms with E-state index in [1.165, 1.54) is 22.5 Å². The van der Waals surface area contributed by atoms with Gasteiger partial charge >= 0.3 is 0 Å². The first-order valence-electron chi connectivity index (χ1n) is 6.57. The number of benzene rings is 1. The van der Waals surface area contributed by atoms with Crippen LogP contribution in [0.1, 0.15) is 12.5 Å². The van der Waals surface area contributed by atoms with Crippen LogP contribution in [0, 0.1) is 0 Å². The molecule has 0 saturated carbocycles. The molecule has 0 aliphatic carbocycles. The van der Waals surface area contributed by atoms with Crippen LogP contribution in [0.3, 0.4) is 0 Å². The second-order valence-electron chi connectivity index (χ2n) is 4.89. The van der Waals surface area contributed by atoms with Crippen molar-refractivity contribution in [3.8, 4) is 0 Å². The van der Waals surface area contributed by atoms with Gasteiger partial charge in [0.2, 0.25) is 0 Å². The lowest BCUT2D eigenvalue weighted by atomic mass is 10.2. The number of hydrogen-bond acceptors (Lipinski definition) is 5. The zero-order valence-electron chi connectivity index (χ0n) is 11.7. The average molecular weight is 318 g/mol. The van der Waals surface area contributed by atoms with E-state index in [2.05, 4.69) is 15.3 Å². The molecule has 0 unspecified atom stereocenters. The summed E-state index contributed by atoms with van der Waals surface area (Å²) in [6, 6.07) is 7.35. The number of carbonyl (C=O) groups excluding carboxylic acids is 1. The zero-order valence-corrected chi connectivity index (χ0v) is 12.5. The second kappa shape index (κ2) is 5.69. The van der Waals surface area contributed by atoms with E-state index in [-0.39, 0.29) is 23.4 Å². The number of carbonyl (C=O) groups is 1. The first-order valence-corrected chi connectivity index (χ1v) is 6.95. The number of nitrogens with zero attached hydrogens (tertiary/aromatic N) is 5. The van der Waals surface area contributed by atoms with E-state index >= 15 is 0 Å². The van der Waals surface area contributed by atoms with Crippen molar-refractivity contribution in [3.05, 3.63) is 51.5 Å². The summed E-state index contributed by atoms with van der Waals surface area (Å²) in [5.74, 6) is -0.133. The Kier molecular flexibility index (Phi) is 3.72. The Morgan fingerprint density at radius 3 is 2.82 bits per heavy atom. The SMILES string of the molecule is CC(=O)Cn1cnc2c(nnn2Cc2ccccc2Cl)c1=O. The second-order valence-corrected chi connectivity index (χ2v) is 5.30. The van der Waals surface area contributed by atoms with Crippen LogP contribution in [0.25, 0.3) is 11.2 Å². The molecule has 0 aliphatic heterocycles. The van der Waals surface area contributed by atoms with Crippen molar-refractivity contribution in [2.24, 2.45) is 0 Å². The Balaban J connectivity index is 2.03. The van der Waals surface area contributed by atoms with Crippen molar-refractivity contribution in [3.63, 3.8) is 0 Å². The molecule has 22 heavy (non-hydrogen) atoms. The van der Waals surface area contributed by atoms with Gasteiger partial charge in [0.25, 0.3) is 5.56 Å². The fraction of sp³-hybridized carbons (Fsp3) is 0.214. The lowest BCUT2D eigenvalue weighted by molar-refractivity contribution is -0.117. The molecule has 0 N–H and O–H groups in total. The number of Topliss-reactive ketones (excluding diaryl/α,β-unsaturated/α-hetero) is 1. The number of aromatic nitrogens is 5. The first kappa shape index (κ1) is 14.4. The standard InChI is InChI=1S/C14H12ClN5O2/c1-9(21)6-19-8-16-13-12(14(19)22)17-18-20(13)7-10-4-2-3-5-11(10)15/h2-5,8H,6-7H2,1H3. The molecule has 0 atom stereocenters. The maximum absolute atomic E-state index is 12.2. The molecule has 8 heteroatoms. The van der Waals surface area contributed by atoms with Gasteiger partial charge in [-0.05, 0) is 18.6 Å². The molecule has 0 amide bonds. The largest absolute Gasteiger partial charge is 0.298 e. The van der Waals surface area contributed by atoms with Gasteiger partial charge in [-0.2, -0.15) is 0 Å². The molecule has 0 saturated heterocycles. The van der Waals surface area contributed by atoms with E-state index in [4.69, 9.17) is 11.6 Å². The maximum atomic E-state index is 12.2. The van der Waals surface area contributed by atoms with E-state index < -0.39 is 0 Å². The molecule has 0 radical (unpaired) electrons. The van der Waals surface area contributed by atoms with Crippen molar-refractivity contribution < 1.29 is 4.79 Å². The van der Waals surface area contributed by atoms with Crippen LogP contribution in [0.5, 0.6) is 0 Å². The number of fused-ring (bicyclic) bond motifs is 1. The minimum Gasteiger partial charge on any atom is -0.298 e. The summed E-state index contributed by atoms with van der Waals surface area (Å²) in [6.07, 6.45) is 1.33. The zero-order chi connectivity index (χ0) is 15.7. The normalized spacial score (nSPS) is 11.0. The number of halogens is 1. The molecule has 3 rings (SSSR count). The number of hydrogen-bond donors (Lipinski definition) is 0. The van der Waals surface area contributed by atoms with E-state index in [9.17, 15) is 9.59 Å². The Labute approximate surface area is 130 Å². The van der Waals surface area contributed by atoms with Crippen LogP contribution in [-0.2, 0) is 17.9 Å². The molecule has 0 aliphatic rings. The van der Waals surface area contributed by atoms with Crippen LogP contribution in [0.4, 0.5) is 0 Å². The van der Waals surface area contributed by atoms with Crippen LogP contribution in [0.15, 0.2) is 35.4 Å². The summed E-state index contributed by atoms with van der Waals surface area (Å²) in [6.45, 7) is 1.74. The lowest BCUT2D eigenvalue weighted by Crippen LogP contribution is -2.24. The fourth-order valence-corrected chi connectivity index (χ4v) is 2.33. The van der Waals surface area contributed by atoms with Crippen molar-refractivity contribution >= 4 is 28.5 Å². The van der Waals surface area contributed by atoms with Gasteiger partial charge < -0.3 is 0 Å². The Morgan fingerprint density at radius 2 is 2.09 bits per heavy atom. The molecule has 2 heterocycles.